The number of nitrogens with one attached hydrogen (secondary N) is 1. The molecule has 0 fully saturated rings. The first-order valence-electron chi connectivity index (χ1n) is 5.32. The van der Waals surface area contributed by atoms with Crippen LogP contribution in [0.4, 0.5) is 5.69 Å². The van der Waals surface area contributed by atoms with Gasteiger partial charge >= 0.3 is 0 Å². The maximum atomic E-state index is 11.9. The molecule has 1 aromatic rings. The molecule has 0 aromatic carbocycles. The van der Waals surface area contributed by atoms with Gasteiger partial charge in [-0.15, -0.1) is 6.42 Å². The molecule has 17 heavy (non-hydrogen) atoms. The third kappa shape index (κ3) is 3.01. The lowest BCUT2D eigenvalue weighted by Crippen LogP contribution is -2.32. The summed E-state index contributed by atoms with van der Waals surface area (Å²) in [4.78, 5) is 11.9. The highest BCUT2D eigenvalue weighted by molar-refractivity contribution is 6.32. The molecular weight excluding hydrogens is 238 g/mol. The summed E-state index contributed by atoms with van der Waals surface area (Å²) >= 11 is 6.00. The van der Waals surface area contributed by atoms with E-state index in [0.717, 1.165) is 0 Å². The molecule has 0 saturated carbocycles. The van der Waals surface area contributed by atoms with Gasteiger partial charge in [-0.05, 0) is 27.7 Å². The third-order valence-electron chi connectivity index (χ3n) is 2.24. The van der Waals surface area contributed by atoms with E-state index in [2.05, 4.69) is 16.3 Å². The predicted molar refractivity (Wildman–Crippen MR) is 70.4 cm³/mol. The molecule has 92 valence electrons. The van der Waals surface area contributed by atoms with Crippen molar-refractivity contribution in [2.24, 2.45) is 0 Å². The topological polar surface area (TPSA) is 46.9 Å². The first kappa shape index (κ1) is 13.6. The van der Waals surface area contributed by atoms with Crippen molar-refractivity contribution < 1.29 is 0 Å². The molecule has 0 saturated heterocycles. The first-order chi connectivity index (χ1) is 7.78. The van der Waals surface area contributed by atoms with Gasteiger partial charge < -0.3 is 5.32 Å². The number of halogens is 1. The van der Waals surface area contributed by atoms with Crippen LogP contribution in [0.1, 0.15) is 33.7 Å². The zero-order chi connectivity index (χ0) is 13.2. The van der Waals surface area contributed by atoms with Crippen LogP contribution in [0.3, 0.4) is 0 Å². The van der Waals surface area contributed by atoms with Crippen molar-refractivity contribution in [2.45, 2.75) is 39.3 Å². The average Bonchev–Trinajstić information content (AvgIpc) is 2.24. The Labute approximate surface area is 106 Å². The van der Waals surface area contributed by atoms with Gasteiger partial charge in [0.2, 0.25) is 0 Å². The Bertz CT molecular complexity index is 511. The molecule has 0 bridgehead atoms. The van der Waals surface area contributed by atoms with Crippen LogP contribution >= 0.6 is 11.6 Å². The monoisotopic (exact) mass is 253 g/mol. The maximum Gasteiger partial charge on any atom is 0.287 e. The van der Waals surface area contributed by atoms with Crippen molar-refractivity contribution in [2.75, 3.05) is 5.32 Å². The SMILES string of the molecule is C#CC(C)(C)Nc1cnn(C(C)C)c(=O)c1Cl. The summed E-state index contributed by atoms with van der Waals surface area (Å²) in [5, 5.41) is 7.15. The minimum Gasteiger partial charge on any atom is -0.367 e. The second-order valence-corrected chi connectivity index (χ2v) is 4.99. The molecule has 0 spiro atoms. The zero-order valence-electron chi connectivity index (χ0n) is 10.4. The normalized spacial score (nSPS) is 11.4. The summed E-state index contributed by atoms with van der Waals surface area (Å²) in [6.45, 7) is 7.36. The van der Waals surface area contributed by atoms with Crippen LogP contribution in [0, 0.1) is 12.3 Å². The Kier molecular flexibility index (Phi) is 3.84. The van der Waals surface area contributed by atoms with Crippen LogP contribution in [-0.2, 0) is 0 Å². The molecule has 0 unspecified atom stereocenters. The van der Waals surface area contributed by atoms with Crippen LogP contribution in [0.15, 0.2) is 11.0 Å². The number of terminal acetylenes is 1. The van der Waals surface area contributed by atoms with Crippen molar-refractivity contribution >= 4 is 17.3 Å². The van der Waals surface area contributed by atoms with Crippen molar-refractivity contribution in [3.05, 3.63) is 21.6 Å². The predicted octanol–water partition coefficient (Wildman–Crippen LogP) is 2.30. The third-order valence-corrected chi connectivity index (χ3v) is 2.61. The van der Waals surface area contributed by atoms with E-state index < -0.39 is 5.54 Å². The van der Waals surface area contributed by atoms with Crippen LogP contribution in [-0.4, -0.2) is 15.3 Å². The summed E-state index contributed by atoms with van der Waals surface area (Å²) in [6.07, 6.45) is 6.88. The smallest absolute Gasteiger partial charge is 0.287 e. The minimum absolute atomic E-state index is 0.0327. The molecule has 1 heterocycles. The van der Waals surface area contributed by atoms with Crippen LogP contribution in [0.25, 0.3) is 0 Å². The van der Waals surface area contributed by atoms with Crippen molar-refractivity contribution in [1.29, 1.82) is 0 Å². The lowest BCUT2D eigenvalue weighted by atomic mass is 10.1. The minimum atomic E-state index is -0.582. The Hall–Kier alpha value is -1.47. The number of hydrogen-bond acceptors (Lipinski definition) is 3. The van der Waals surface area contributed by atoms with Crippen LogP contribution in [0.2, 0.25) is 5.02 Å². The van der Waals surface area contributed by atoms with Gasteiger partial charge in [0, 0.05) is 0 Å². The fourth-order valence-electron chi connectivity index (χ4n) is 1.27. The quantitative estimate of drug-likeness (QED) is 0.841. The van der Waals surface area contributed by atoms with E-state index in [0.29, 0.717) is 5.69 Å². The van der Waals surface area contributed by atoms with E-state index in [9.17, 15) is 4.79 Å². The van der Waals surface area contributed by atoms with Gasteiger partial charge in [-0.2, -0.15) is 5.10 Å². The molecular formula is C12H16ClN3O. The molecule has 0 atom stereocenters. The molecule has 0 aliphatic carbocycles. The van der Waals surface area contributed by atoms with Crippen molar-refractivity contribution in [3.63, 3.8) is 0 Å². The number of anilines is 1. The van der Waals surface area contributed by atoms with Gasteiger partial charge in [0.1, 0.15) is 5.02 Å². The zero-order valence-corrected chi connectivity index (χ0v) is 11.2. The molecule has 1 aromatic heterocycles. The summed E-state index contributed by atoms with van der Waals surface area (Å²) in [5.74, 6) is 2.57. The molecule has 0 aliphatic rings. The second-order valence-electron chi connectivity index (χ2n) is 4.61. The standard InChI is InChI=1S/C12H16ClN3O/c1-6-12(4,5)15-9-7-14-16(8(2)3)11(17)10(9)13/h1,7-8,15H,2-5H3. The van der Waals surface area contributed by atoms with E-state index in [4.69, 9.17) is 18.0 Å². The highest BCUT2D eigenvalue weighted by Gasteiger charge is 2.18. The summed E-state index contributed by atoms with van der Waals surface area (Å²) in [7, 11) is 0. The van der Waals surface area contributed by atoms with Gasteiger partial charge in [0.05, 0.1) is 23.5 Å². The number of aromatic nitrogens is 2. The van der Waals surface area contributed by atoms with E-state index in [-0.39, 0.29) is 16.6 Å². The molecule has 1 rings (SSSR count). The summed E-state index contributed by atoms with van der Waals surface area (Å²) < 4.78 is 1.33. The second kappa shape index (κ2) is 4.80. The molecule has 0 radical (unpaired) electrons. The molecule has 4 nitrogen and oxygen atoms in total. The van der Waals surface area contributed by atoms with E-state index in [1.54, 1.807) is 0 Å². The molecule has 0 aliphatic heterocycles. The number of nitrogens with zero attached hydrogens (tertiary/aromatic N) is 2. The van der Waals surface area contributed by atoms with Gasteiger partial charge in [-0.25, -0.2) is 4.68 Å². The van der Waals surface area contributed by atoms with Crippen molar-refractivity contribution in [3.8, 4) is 12.3 Å². The first-order valence-corrected chi connectivity index (χ1v) is 5.69. The number of rotatable bonds is 3. The average molecular weight is 254 g/mol. The highest BCUT2D eigenvalue weighted by Crippen LogP contribution is 2.20. The van der Waals surface area contributed by atoms with E-state index in [1.807, 2.05) is 27.7 Å². The maximum absolute atomic E-state index is 11.9. The Morgan fingerprint density at radius 1 is 1.59 bits per heavy atom. The van der Waals surface area contributed by atoms with Gasteiger partial charge in [-0.1, -0.05) is 17.5 Å². The highest BCUT2D eigenvalue weighted by atomic mass is 35.5. The lowest BCUT2D eigenvalue weighted by Gasteiger charge is -2.22. The Morgan fingerprint density at radius 3 is 2.65 bits per heavy atom. The fraction of sp³-hybridized carbons (Fsp3) is 0.500. The number of hydrogen-bond donors (Lipinski definition) is 1. The largest absolute Gasteiger partial charge is 0.367 e. The lowest BCUT2D eigenvalue weighted by molar-refractivity contribution is 0.503. The van der Waals surface area contributed by atoms with Crippen LogP contribution in [0.5, 0.6) is 0 Å². The van der Waals surface area contributed by atoms with Gasteiger partial charge in [0.15, 0.2) is 0 Å². The molecule has 1 N–H and O–H groups in total. The van der Waals surface area contributed by atoms with Gasteiger partial charge in [0.25, 0.3) is 5.56 Å². The van der Waals surface area contributed by atoms with Gasteiger partial charge in [-0.3, -0.25) is 4.79 Å². The van der Waals surface area contributed by atoms with E-state index >= 15 is 0 Å². The van der Waals surface area contributed by atoms with Crippen LogP contribution < -0.4 is 10.9 Å². The summed E-state index contributed by atoms with van der Waals surface area (Å²) in [6, 6.07) is -0.0327. The molecule has 0 amide bonds. The Balaban J connectivity index is 3.20. The molecule has 5 heteroatoms. The van der Waals surface area contributed by atoms with Crippen molar-refractivity contribution in [1.82, 2.24) is 9.78 Å². The van der Waals surface area contributed by atoms with E-state index in [1.165, 1.54) is 10.9 Å². The fourth-order valence-corrected chi connectivity index (χ4v) is 1.46. The summed E-state index contributed by atoms with van der Waals surface area (Å²) in [5.41, 5.74) is -0.446. The Morgan fingerprint density at radius 2 is 2.18 bits per heavy atom.